The Morgan fingerprint density at radius 1 is 1.38 bits per heavy atom. The molecule has 1 unspecified atom stereocenters. The van der Waals surface area contributed by atoms with Gasteiger partial charge in [0.05, 0.1) is 6.04 Å². The SMILES string of the molecule is CC(C)(CCC(=O)O)NC(=O)NC1COc2ccccc21. The number of fused-ring (bicyclic) bond motifs is 1. The monoisotopic (exact) mass is 292 g/mol. The predicted octanol–water partition coefficient (Wildman–Crippen LogP) is 2.06. The fourth-order valence-electron chi connectivity index (χ4n) is 2.27. The third-order valence-corrected chi connectivity index (χ3v) is 3.42. The fraction of sp³-hybridized carbons (Fsp3) is 0.467. The van der Waals surface area contributed by atoms with Crippen molar-refractivity contribution in [3.63, 3.8) is 0 Å². The zero-order chi connectivity index (χ0) is 15.5. The van der Waals surface area contributed by atoms with Gasteiger partial charge in [0.15, 0.2) is 0 Å². The summed E-state index contributed by atoms with van der Waals surface area (Å²) < 4.78 is 5.50. The number of carbonyl (C=O) groups is 2. The normalized spacial score (nSPS) is 16.8. The molecule has 6 heteroatoms. The molecule has 1 aliphatic rings. The van der Waals surface area contributed by atoms with E-state index in [0.717, 1.165) is 11.3 Å². The Kier molecular flexibility index (Phi) is 4.35. The first-order valence-corrected chi connectivity index (χ1v) is 6.89. The number of para-hydroxylation sites is 1. The molecule has 1 aromatic carbocycles. The number of urea groups is 1. The lowest BCUT2D eigenvalue weighted by molar-refractivity contribution is -0.137. The first-order valence-electron chi connectivity index (χ1n) is 6.89. The Morgan fingerprint density at radius 3 is 2.81 bits per heavy atom. The molecule has 2 rings (SSSR count). The smallest absolute Gasteiger partial charge is 0.315 e. The quantitative estimate of drug-likeness (QED) is 0.775. The summed E-state index contributed by atoms with van der Waals surface area (Å²) in [4.78, 5) is 22.6. The molecule has 0 fully saturated rings. The van der Waals surface area contributed by atoms with Gasteiger partial charge in [-0.25, -0.2) is 4.79 Å². The molecule has 0 radical (unpaired) electrons. The van der Waals surface area contributed by atoms with Crippen LogP contribution in [-0.4, -0.2) is 29.3 Å². The van der Waals surface area contributed by atoms with Gasteiger partial charge in [-0.15, -0.1) is 0 Å². The summed E-state index contributed by atoms with van der Waals surface area (Å²) in [6.45, 7) is 4.01. The lowest BCUT2D eigenvalue weighted by Gasteiger charge is -2.26. The molecule has 0 aliphatic carbocycles. The first kappa shape index (κ1) is 15.2. The maximum absolute atomic E-state index is 12.0. The summed E-state index contributed by atoms with van der Waals surface area (Å²) >= 11 is 0. The molecule has 1 aromatic rings. The van der Waals surface area contributed by atoms with Gasteiger partial charge in [-0.3, -0.25) is 4.79 Å². The maximum Gasteiger partial charge on any atom is 0.315 e. The number of benzene rings is 1. The lowest BCUT2D eigenvalue weighted by Crippen LogP contribution is -2.49. The molecule has 0 aromatic heterocycles. The molecule has 0 saturated carbocycles. The van der Waals surface area contributed by atoms with Gasteiger partial charge >= 0.3 is 12.0 Å². The summed E-state index contributed by atoms with van der Waals surface area (Å²) in [5.41, 5.74) is 0.373. The minimum absolute atomic E-state index is 0.0165. The van der Waals surface area contributed by atoms with Crippen LogP contribution in [0.4, 0.5) is 4.79 Å². The van der Waals surface area contributed by atoms with E-state index in [-0.39, 0.29) is 18.5 Å². The second kappa shape index (κ2) is 6.03. The van der Waals surface area contributed by atoms with E-state index < -0.39 is 11.5 Å². The topological polar surface area (TPSA) is 87.7 Å². The van der Waals surface area contributed by atoms with Crippen LogP contribution in [0, 0.1) is 0 Å². The number of ether oxygens (including phenoxy) is 1. The highest BCUT2D eigenvalue weighted by molar-refractivity contribution is 5.75. The van der Waals surface area contributed by atoms with E-state index in [9.17, 15) is 9.59 Å². The predicted molar refractivity (Wildman–Crippen MR) is 77.3 cm³/mol. The van der Waals surface area contributed by atoms with Gasteiger partial charge in [-0.1, -0.05) is 18.2 Å². The minimum atomic E-state index is -0.872. The van der Waals surface area contributed by atoms with Crippen LogP contribution in [0.3, 0.4) is 0 Å². The second-order valence-corrected chi connectivity index (χ2v) is 5.78. The summed E-state index contributed by atoms with van der Waals surface area (Å²) in [5.74, 6) is -0.0867. The largest absolute Gasteiger partial charge is 0.491 e. The first-order chi connectivity index (χ1) is 9.87. The van der Waals surface area contributed by atoms with Gasteiger partial charge in [0.1, 0.15) is 12.4 Å². The van der Waals surface area contributed by atoms with Gasteiger partial charge in [0, 0.05) is 17.5 Å². The number of carbonyl (C=O) groups excluding carboxylic acids is 1. The van der Waals surface area contributed by atoms with E-state index in [1.54, 1.807) is 13.8 Å². The summed E-state index contributed by atoms with van der Waals surface area (Å²) in [6.07, 6.45) is 0.385. The highest BCUT2D eigenvalue weighted by Crippen LogP contribution is 2.31. The molecule has 2 amide bonds. The Labute approximate surface area is 123 Å². The standard InChI is InChI=1S/C15H20N2O4/c1-15(2,8-7-13(18)19)17-14(20)16-11-9-21-12-6-4-3-5-10(11)12/h3-6,11H,7-9H2,1-2H3,(H,18,19)(H2,16,17,20). The van der Waals surface area contributed by atoms with Crippen molar-refractivity contribution in [2.45, 2.75) is 38.3 Å². The molecule has 21 heavy (non-hydrogen) atoms. The molecule has 1 atom stereocenters. The molecule has 114 valence electrons. The molecule has 6 nitrogen and oxygen atoms in total. The zero-order valence-corrected chi connectivity index (χ0v) is 12.2. The Hall–Kier alpha value is -2.24. The minimum Gasteiger partial charge on any atom is -0.491 e. The molecular weight excluding hydrogens is 272 g/mol. The van der Waals surface area contributed by atoms with Gasteiger partial charge in [-0.2, -0.15) is 0 Å². The lowest BCUT2D eigenvalue weighted by atomic mass is 9.99. The summed E-state index contributed by atoms with van der Waals surface area (Å²) in [7, 11) is 0. The third kappa shape index (κ3) is 4.11. The molecule has 1 aliphatic heterocycles. The number of hydrogen-bond donors (Lipinski definition) is 3. The van der Waals surface area contributed by atoms with Crippen LogP contribution in [0.15, 0.2) is 24.3 Å². The fourth-order valence-corrected chi connectivity index (χ4v) is 2.27. The number of aliphatic carboxylic acids is 1. The zero-order valence-electron chi connectivity index (χ0n) is 12.2. The number of carboxylic acid groups (broad SMARTS) is 1. The van der Waals surface area contributed by atoms with Crippen molar-refractivity contribution < 1.29 is 19.4 Å². The Morgan fingerprint density at radius 2 is 2.10 bits per heavy atom. The van der Waals surface area contributed by atoms with Gasteiger partial charge < -0.3 is 20.5 Å². The van der Waals surface area contributed by atoms with Crippen molar-refractivity contribution in [3.05, 3.63) is 29.8 Å². The van der Waals surface area contributed by atoms with E-state index in [1.165, 1.54) is 0 Å². The van der Waals surface area contributed by atoms with Crippen molar-refractivity contribution in [3.8, 4) is 5.75 Å². The Bertz CT molecular complexity index is 542. The molecule has 0 spiro atoms. The highest BCUT2D eigenvalue weighted by atomic mass is 16.5. The molecule has 1 heterocycles. The van der Waals surface area contributed by atoms with Crippen LogP contribution in [0.5, 0.6) is 5.75 Å². The van der Waals surface area contributed by atoms with Crippen LogP contribution in [0.1, 0.15) is 38.3 Å². The van der Waals surface area contributed by atoms with Crippen LogP contribution in [0.25, 0.3) is 0 Å². The third-order valence-electron chi connectivity index (χ3n) is 3.42. The van der Waals surface area contributed by atoms with Crippen LogP contribution in [0.2, 0.25) is 0 Å². The summed E-state index contributed by atoms with van der Waals surface area (Å²) in [5, 5.41) is 14.4. The number of rotatable bonds is 5. The molecule has 3 N–H and O–H groups in total. The van der Waals surface area contributed by atoms with E-state index in [2.05, 4.69) is 10.6 Å². The number of nitrogens with one attached hydrogen (secondary N) is 2. The highest BCUT2D eigenvalue weighted by Gasteiger charge is 2.27. The van der Waals surface area contributed by atoms with E-state index >= 15 is 0 Å². The van der Waals surface area contributed by atoms with E-state index in [4.69, 9.17) is 9.84 Å². The summed E-state index contributed by atoms with van der Waals surface area (Å²) in [6, 6.07) is 7.06. The second-order valence-electron chi connectivity index (χ2n) is 5.78. The van der Waals surface area contributed by atoms with E-state index in [0.29, 0.717) is 13.0 Å². The number of carboxylic acids is 1. The van der Waals surface area contributed by atoms with Crippen LogP contribution >= 0.6 is 0 Å². The van der Waals surface area contributed by atoms with Crippen LogP contribution < -0.4 is 15.4 Å². The average Bonchev–Trinajstić information content (AvgIpc) is 2.79. The van der Waals surface area contributed by atoms with Crippen LogP contribution in [-0.2, 0) is 4.79 Å². The van der Waals surface area contributed by atoms with Gasteiger partial charge in [0.2, 0.25) is 0 Å². The van der Waals surface area contributed by atoms with Crippen molar-refractivity contribution in [1.29, 1.82) is 0 Å². The van der Waals surface area contributed by atoms with Crippen molar-refractivity contribution in [2.24, 2.45) is 0 Å². The van der Waals surface area contributed by atoms with Crippen molar-refractivity contribution >= 4 is 12.0 Å². The van der Waals surface area contributed by atoms with E-state index in [1.807, 2.05) is 24.3 Å². The maximum atomic E-state index is 12.0. The Balaban J connectivity index is 1.89. The van der Waals surface area contributed by atoms with Crippen molar-refractivity contribution in [2.75, 3.05) is 6.61 Å². The number of amides is 2. The van der Waals surface area contributed by atoms with Crippen molar-refractivity contribution in [1.82, 2.24) is 10.6 Å². The molecule has 0 saturated heterocycles. The molecule has 0 bridgehead atoms. The molecular formula is C15H20N2O4. The number of hydrogen-bond acceptors (Lipinski definition) is 3. The van der Waals surface area contributed by atoms with Gasteiger partial charge in [0.25, 0.3) is 0 Å². The van der Waals surface area contributed by atoms with Gasteiger partial charge in [-0.05, 0) is 26.3 Å². The average molecular weight is 292 g/mol.